The van der Waals surface area contributed by atoms with E-state index < -0.39 is 16.1 Å². The number of rotatable bonds is 9. The average Bonchev–Trinajstić information content (AvgIpc) is 2.56. The van der Waals surface area contributed by atoms with Crippen LogP contribution in [0.3, 0.4) is 0 Å². The van der Waals surface area contributed by atoms with Crippen LogP contribution in [0.4, 0.5) is 0 Å². The smallest absolute Gasteiger partial charge is 0.216 e. The Morgan fingerprint density at radius 1 is 1.04 bits per heavy atom. The predicted molar refractivity (Wildman–Crippen MR) is 104 cm³/mol. The summed E-state index contributed by atoms with van der Waals surface area (Å²) in [7, 11) is -3.52. The maximum atomic E-state index is 12.5. The monoisotopic (exact) mass is 397 g/mol. The molecule has 142 valence electrons. The molecule has 2 aromatic carbocycles. The van der Waals surface area contributed by atoms with Crippen molar-refractivity contribution >= 4 is 21.6 Å². The minimum Gasteiger partial charge on any atom is -0.490 e. The van der Waals surface area contributed by atoms with Gasteiger partial charge in [-0.3, -0.25) is 0 Å². The van der Waals surface area contributed by atoms with Crippen molar-refractivity contribution in [3.8, 4) is 11.5 Å². The number of hydrogen-bond acceptors (Lipinski definition) is 4. The predicted octanol–water partition coefficient (Wildman–Crippen LogP) is 4.32. The van der Waals surface area contributed by atoms with E-state index in [0.717, 1.165) is 5.56 Å². The van der Waals surface area contributed by atoms with Gasteiger partial charge in [0.05, 0.1) is 19.0 Å². The van der Waals surface area contributed by atoms with E-state index in [4.69, 9.17) is 21.1 Å². The molecule has 1 unspecified atom stereocenters. The van der Waals surface area contributed by atoms with Crippen LogP contribution in [-0.4, -0.2) is 21.6 Å². The molecular weight excluding hydrogens is 374 g/mol. The van der Waals surface area contributed by atoms with Gasteiger partial charge in [-0.15, -0.1) is 0 Å². The van der Waals surface area contributed by atoms with E-state index in [1.807, 2.05) is 19.9 Å². The van der Waals surface area contributed by atoms with Crippen molar-refractivity contribution in [1.82, 2.24) is 4.72 Å². The molecule has 0 aromatic heterocycles. The fourth-order valence-electron chi connectivity index (χ4n) is 2.56. The molecule has 1 N–H and O–H groups in total. The lowest BCUT2D eigenvalue weighted by Gasteiger charge is -2.17. The van der Waals surface area contributed by atoms with Gasteiger partial charge >= 0.3 is 0 Å². The quantitative estimate of drug-likeness (QED) is 0.684. The highest BCUT2D eigenvalue weighted by molar-refractivity contribution is 7.88. The normalized spacial score (nSPS) is 12.6. The van der Waals surface area contributed by atoms with Crippen LogP contribution in [0.15, 0.2) is 42.5 Å². The van der Waals surface area contributed by atoms with Gasteiger partial charge in [0.2, 0.25) is 10.0 Å². The first kappa shape index (κ1) is 20.6. The summed E-state index contributed by atoms with van der Waals surface area (Å²) >= 11 is 5.92. The largest absolute Gasteiger partial charge is 0.490 e. The molecule has 0 aliphatic rings. The van der Waals surface area contributed by atoms with Gasteiger partial charge in [-0.2, -0.15) is 0 Å². The van der Waals surface area contributed by atoms with Crippen LogP contribution in [0.5, 0.6) is 11.5 Å². The number of halogens is 1. The van der Waals surface area contributed by atoms with Crippen molar-refractivity contribution in [3.05, 3.63) is 58.6 Å². The van der Waals surface area contributed by atoms with Crippen LogP contribution in [0.25, 0.3) is 0 Å². The number of hydrogen-bond donors (Lipinski definition) is 1. The zero-order valence-corrected chi connectivity index (χ0v) is 16.7. The molecular formula is C19H24ClNO4S. The van der Waals surface area contributed by atoms with E-state index >= 15 is 0 Å². The fraction of sp³-hybridized carbons (Fsp3) is 0.368. The second kappa shape index (κ2) is 9.26. The molecule has 1 atom stereocenters. The van der Waals surface area contributed by atoms with E-state index in [2.05, 4.69) is 4.72 Å². The van der Waals surface area contributed by atoms with Crippen molar-refractivity contribution < 1.29 is 17.9 Å². The molecule has 7 heteroatoms. The van der Waals surface area contributed by atoms with Crippen LogP contribution in [-0.2, 0) is 15.8 Å². The summed E-state index contributed by atoms with van der Waals surface area (Å²) in [5.41, 5.74) is 1.44. The summed E-state index contributed by atoms with van der Waals surface area (Å²) < 4.78 is 38.8. The molecule has 0 bridgehead atoms. The summed E-state index contributed by atoms with van der Waals surface area (Å²) in [4.78, 5) is 0. The molecule has 0 aliphatic carbocycles. The van der Waals surface area contributed by atoms with Gasteiger partial charge in [-0.05, 0) is 56.2 Å². The van der Waals surface area contributed by atoms with E-state index in [1.54, 1.807) is 43.3 Å². The van der Waals surface area contributed by atoms with E-state index in [9.17, 15) is 8.42 Å². The third-order valence-corrected chi connectivity index (χ3v) is 5.33. The molecule has 5 nitrogen and oxygen atoms in total. The van der Waals surface area contributed by atoms with E-state index in [1.165, 1.54) is 0 Å². The molecule has 0 amide bonds. The van der Waals surface area contributed by atoms with Gasteiger partial charge in [0.1, 0.15) is 0 Å². The molecule has 0 fully saturated rings. The molecule has 0 aliphatic heterocycles. The van der Waals surface area contributed by atoms with Gasteiger partial charge in [0, 0.05) is 11.1 Å². The summed E-state index contributed by atoms with van der Waals surface area (Å²) in [6, 6.07) is 11.9. The zero-order chi connectivity index (χ0) is 19.2. The standard InChI is InChI=1S/C19H24ClNO4S/c1-4-24-18-10-9-16(12-19(18)25-5-2)14(3)21-26(22,23)13-15-7-6-8-17(20)11-15/h6-12,14,21H,4-5,13H2,1-3H3. The summed E-state index contributed by atoms with van der Waals surface area (Å²) in [5, 5.41) is 0.513. The summed E-state index contributed by atoms with van der Waals surface area (Å²) in [6.07, 6.45) is 0. The first-order chi connectivity index (χ1) is 12.3. The lowest BCUT2D eigenvalue weighted by molar-refractivity contribution is 0.287. The Labute approximate surface area is 160 Å². The topological polar surface area (TPSA) is 64.6 Å². The Bertz CT molecular complexity index is 839. The first-order valence-corrected chi connectivity index (χ1v) is 10.5. The molecule has 26 heavy (non-hydrogen) atoms. The molecule has 0 saturated carbocycles. The molecule has 0 saturated heterocycles. The number of benzene rings is 2. The molecule has 2 aromatic rings. The zero-order valence-electron chi connectivity index (χ0n) is 15.2. The van der Waals surface area contributed by atoms with E-state index in [-0.39, 0.29) is 5.75 Å². The number of sulfonamides is 1. The Morgan fingerprint density at radius 3 is 2.38 bits per heavy atom. The van der Waals surface area contributed by atoms with Gasteiger partial charge in [-0.25, -0.2) is 13.1 Å². The lowest BCUT2D eigenvalue weighted by Crippen LogP contribution is -2.28. The highest BCUT2D eigenvalue weighted by atomic mass is 35.5. The molecule has 0 spiro atoms. The number of ether oxygens (including phenoxy) is 2. The minimum atomic E-state index is -3.52. The van der Waals surface area contributed by atoms with Crippen LogP contribution < -0.4 is 14.2 Å². The summed E-state index contributed by atoms with van der Waals surface area (Å²) in [5.74, 6) is 1.12. The van der Waals surface area contributed by atoms with Gasteiger partial charge in [-0.1, -0.05) is 29.8 Å². The average molecular weight is 398 g/mol. The third-order valence-electron chi connectivity index (χ3n) is 3.67. The van der Waals surface area contributed by atoms with Crippen LogP contribution in [0, 0.1) is 0 Å². The van der Waals surface area contributed by atoms with Crippen LogP contribution in [0.1, 0.15) is 37.9 Å². The minimum absolute atomic E-state index is 0.132. The van der Waals surface area contributed by atoms with E-state index in [0.29, 0.717) is 35.3 Å². The second-order valence-electron chi connectivity index (χ2n) is 5.80. The third kappa shape index (κ3) is 5.90. The molecule has 0 heterocycles. The van der Waals surface area contributed by atoms with Crippen molar-refractivity contribution in [2.24, 2.45) is 0 Å². The van der Waals surface area contributed by atoms with Gasteiger partial charge in [0.15, 0.2) is 11.5 Å². The maximum absolute atomic E-state index is 12.5. The highest BCUT2D eigenvalue weighted by Gasteiger charge is 2.18. The Kier molecular flexibility index (Phi) is 7.32. The number of nitrogens with one attached hydrogen (secondary N) is 1. The van der Waals surface area contributed by atoms with Crippen molar-refractivity contribution in [2.75, 3.05) is 13.2 Å². The Hall–Kier alpha value is -1.76. The maximum Gasteiger partial charge on any atom is 0.216 e. The summed E-state index contributed by atoms with van der Waals surface area (Å²) in [6.45, 7) is 6.61. The van der Waals surface area contributed by atoms with Crippen LogP contribution in [0.2, 0.25) is 5.02 Å². The Balaban J connectivity index is 2.15. The fourth-order valence-corrected chi connectivity index (χ4v) is 4.15. The van der Waals surface area contributed by atoms with Gasteiger partial charge in [0.25, 0.3) is 0 Å². The van der Waals surface area contributed by atoms with Crippen molar-refractivity contribution in [1.29, 1.82) is 0 Å². The Morgan fingerprint density at radius 2 is 1.73 bits per heavy atom. The van der Waals surface area contributed by atoms with Gasteiger partial charge < -0.3 is 9.47 Å². The van der Waals surface area contributed by atoms with Crippen LogP contribution >= 0.6 is 11.6 Å². The molecule has 2 rings (SSSR count). The second-order valence-corrected chi connectivity index (χ2v) is 7.99. The van der Waals surface area contributed by atoms with Crippen molar-refractivity contribution in [3.63, 3.8) is 0 Å². The first-order valence-electron chi connectivity index (χ1n) is 8.48. The lowest BCUT2D eigenvalue weighted by atomic mass is 10.1. The molecule has 0 radical (unpaired) electrons. The SMILES string of the molecule is CCOc1ccc(C(C)NS(=O)(=O)Cc2cccc(Cl)c2)cc1OCC. The van der Waals surface area contributed by atoms with Crippen molar-refractivity contribution in [2.45, 2.75) is 32.6 Å². The highest BCUT2D eigenvalue weighted by Crippen LogP contribution is 2.31.